The van der Waals surface area contributed by atoms with Crippen molar-refractivity contribution >= 4 is 17.2 Å². The number of thiophene rings is 1. The van der Waals surface area contributed by atoms with Gasteiger partial charge in [-0.15, -0.1) is 11.3 Å². The Bertz CT molecular complexity index is 417. The molecule has 84 valence electrons. The molecule has 0 bridgehead atoms. The first-order valence-electron chi connectivity index (χ1n) is 5.41. The summed E-state index contributed by atoms with van der Waals surface area (Å²) in [6.45, 7) is 2.07. The minimum Gasteiger partial charge on any atom is -0.349 e. The van der Waals surface area contributed by atoms with Crippen LogP contribution in [0, 0.1) is 0 Å². The first kappa shape index (κ1) is 11.1. The van der Waals surface area contributed by atoms with Crippen molar-refractivity contribution in [3.63, 3.8) is 0 Å². The second kappa shape index (κ2) is 5.12. The van der Waals surface area contributed by atoms with Crippen LogP contribution in [0.4, 0.5) is 0 Å². The van der Waals surface area contributed by atoms with Crippen LogP contribution in [0.2, 0.25) is 0 Å². The van der Waals surface area contributed by atoms with Crippen molar-refractivity contribution < 1.29 is 4.79 Å². The molecule has 0 fully saturated rings. The molecule has 0 saturated heterocycles. The van der Waals surface area contributed by atoms with E-state index in [1.807, 2.05) is 17.5 Å². The molecule has 1 aliphatic rings. The summed E-state index contributed by atoms with van der Waals surface area (Å²) in [7, 11) is 0. The van der Waals surface area contributed by atoms with Gasteiger partial charge < -0.3 is 5.32 Å². The van der Waals surface area contributed by atoms with E-state index in [2.05, 4.69) is 30.5 Å². The molecule has 1 aliphatic carbocycles. The van der Waals surface area contributed by atoms with Gasteiger partial charge >= 0.3 is 0 Å². The van der Waals surface area contributed by atoms with Crippen LogP contribution in [-0.2, 0) is 11.2 Å². The second-order valence-electron chi connectivity index (χ2n) is 3.97. The van der Waals surface area contributed by atoms with Crippen molar-refractivity contribution in [1.82, 2.24) is 5.32 Å². The molecule has 1 atom stereocenters. The molecule has 1 heterocycles. The van der Waals surface area contributed by atoms with E-state index in [4.69, 9.17) is 0 Å². The quantitative estimate of drug-likeness (QED) is 0.854. The van der Waals surface area contributed by atoms with Gasteiger partial charge in [-0.2, -0.15) is 0 Å². The third-order valence-electron chi connectivity index (χ3n) is 2.55. The van der Waals surface area contributed by atoms with Crippen LogP contribution >= 0.6 is 11.3 Å². The number of amides is 1. The Morgan fingerprint density at radius 2 is 2.50 bits per heavy atom. The molecule has 0 saturated carbocycles. The van der Waals surface area contributed by atoms with Crippen LogP contribution in [-0.4, -0.2) is 11.9 Å². The molecule has 3 heteroatoms. The zero-order chi connectivity index (χ0) is 11.4. The molecule has 16 heavy (non-hydrogen) atoms. The number of rotatable bonds is 3. The minimum atomic E-state index is 0.102. The van der Waals surface area contributed by atoms with E-state index in [1.54, 1.807) is 11.3 Å². The van der Waals surface area contributed by atoms with Crippen molar-refractivity contribution in [2.75, 3.05) is 0 Å². The van der Waals surface area contributed by atoms with Gasteiger partial charge in [-0.1, -0.05) is 29.9 Å². The Hall–Kier alpha value is -1.35. The second-order valence-corrected chi connectivity index (χ2v) is 5.01. The molecule has 0 spiro atoms. The zero-order valence-corrected chi connectivity index (χ0v) is 10.1. The standard InChI is InChI=1S/C13H15NOS/c1-10-4-6-11(7-5-10)14-13(15)9-12-3-2-8-16-12/h2-6,8,11H,7,9H2,1H3,(H,14,15). The van der Waals surface area contributed by atoms with Crippen LogP contribution in [0.25, 0.3) is 0 Å². The molecular formula is C13H15NOS. The maximum absolute atomic E-state index is 11.7. The van der Waals surface area contributed by atoms with Crippen molar-refractivity contribution in [1.29, 1.82) is 0 Å². The summed E-state index contributed by atoms with van der Waals surface area (Å²) >= 11 is 1.62. The number of allylic oxidation sites excluding steroid dienone is 2. The van der Waals surface area contributed by atoms with Crippen LogP contribution in [0.5, 0.6) is 0 Å². The number of carbonyl (C=O) groups excluding carboxylic acids is 1. The average molecular weight is 233 g/mol. The fourth-order valence-electron chi connectivity index (χ4n) is 1.66. The lowest BCUT2D eigenvalue weighted by atomic mass is 10.0. The van der Waals surface area contributed by atoms with E-state index in [0.29, 0.717) is 6.42 Å². The van der Waals surface area contributed by atoms with Crippen molar-refractivity contribution in [3.8, 4) is 0 Å². The Labute approximate surface area is 99.7 Å². The molecule has 0 aromatic carbocycles. The fraction of sp³-hybridized carbons (Fsp3) is 0.308. The number of hydrogen-bond donors (Lipinski definition) is 1. The van der Waals surface area contributed by atoms with E-state index < -0.39 is 0 Å². The normalized spacial score (nSPS) is 19.3. The fourth-order valence-corrected chi connectivity index (χ4v) is 2.37. The van der Waals surface area contributed by atoms with Gasteiger partial charge in [0.15, 0.2) is 0 Å². The maximum Gasteiger partial charge on any atom is 0.225 e. The Morgan fingerprint density at radius 1 is 1.62 bits per heavy atom. The Balaban J connectivity index is 1.82. The van der Waals surface area contributed by atoms with Gasteiger partial charge in [0.25, 0.3) is 0 Å². The highest BCUT2D eigenvalue weighted by Gasteiger charge is 2.11. The highest BCUT2D eigenvalue weighted by Crippen LogP contribution is 2.11. The third kappa shape index (κ3) is 3.07. The lowest BCUT2D eigenvalue weighted by molar-refractivity contribution is -0.120. The molecule has 2 nitrogen and oxygen atoms in total. The largest absolute Gasteiger partial charge is 0.349 e. The molecule has 1 aromatic rings. The van der Waals surface area contributed by atoms with E-state index in [-0.39, 0.29) is 11.9 Å². The van der Waals surface area contributed by atoms with Crippen molar-refractivity contribution in [2.45, 2.75) is 25.8 Å². The SMILES string of the molecule is CC1=CCC(NC(=O)Cc2cccs2)C=C1. The predicted octanol–water partition coefficient (Wildman–Crippen LogP) is 2.68. The van der Waals surface area contributed by atoms with Crippen molar-refractivity contribution in [3.05, 3.63) is 46.2 Å². The highest BCUT2D eigenvalue weighted by atomic mass is 32.1. The van der Waals surface area contributed by atoms with Gasteiger partial charge in [0.2, 0.25) is 5.91 Å². The smallest absolute Gasteiger partial charge is 0.225 e. The lowest BCUT2D eigenvalue weighted by Gasteiger charge is -2.16. The molecular weight excluding hydrogens is 218 g/mol. The third-order valence-corrected chi connectivity index (χ3v) is 3.42. The van der Waals surface area contributed by atoms with Crippen LogP contribution in [0.15, 0.2) is 41.3 Å². The van der Waals surface area contributed by atoms with Crippen molar-refractivity contribution in [2.24, 2.45) is 0 Å². The highest BCUT2D eigenvalue weighted by molar-refractivity contribution is 7.10. The summed E-state index contributed by atoms with van der Waals surface area (Å²) in [6, 6.07) is 4.13. The summed E-state index contributed by atoms with van der Waals surface area (Å²) in [5.74, 6) is 0.102. The van der Waals surface area contributed by atoms with Crippen LogP contribution in [0.1, 0.15) is 18.2 Å². The predicted molar refractivity (Wildman–Crippen MR) is 67.5 cm³/mol. The van der Waals surface area contributed by atoms with E-state index >= 15 is 0 Å². The molecule has 1 unspecified atom stereocenters. The average Bonchev–Trinajstić information content (AvgIpc) is 2.74. The van der Waals surface area contributed by atoms with Gasteiger partial charge in [0.05, 0.1) is 12.5 Å². The first-order valence-corrected chi connectivity index (χ1v) is 6.29. The lowest BCUT2D eigenvalue weighted by Crippen LogP contribution is -2.34. The molecule has 1 aromatic heterocycles. The number of nitrogens with one attached hydrogen (secondary N) is 1. The number of carbonyl (C=O) groups is 1. The summed E-state index contributed by atoms with van der Waals surface area (Å²) in [6.07, 6.45) is 7.65. The maximum atomic E-state index is 11.7. The summed E-state index contributed by atoms with van der Waals surface area (Å²) < 4.78 is 0. The molecule has 1 amide bonds. The minimum absolute atomic E-state index is 0.102. The van der Waals surface area contributed by atoms with Gasteiger partial charge in [-0.05, 0) is 24.8 Å². The topological polar surface area (TPSA) is 29.1 Å². The summed E-state index contributed by atoms with van der Waals surface area (Å²) in [4.78, 5) is 12.8. The first-order chi connectivity index (χ1) is 7.74. The van der Waals surface area contributed by atoms with Gasteiger partial charge in [-0.25, -0.2) is 0 Å². The molecule has 2 rings (SSSR count). The molecule has 0 radical (unpaired) electrons. The summed E-state index contributed by atoms with van der Waals surface area (Å²) in [5, 5.41) is 5.01. The van der Waals surface area contributed by atoms with Gasteiger partial charge in [0.1, 0.15) is 0 Å². The van der Waals surface area contributed by atoms with E-state index in [0.717, 1.165) is 11.3 Å². The molecule has 0 aliphatic heterocycles. The number of hydrogen-bond acceptors (Lipinski definition) is 2. The monoisotopic (exact) mass is 233 g/mol. The zero-order valence-electron chi connectivity index (χ0n) is 9.27. The Morgan fingerprint density at radius 3 is 3.12 bits per heavy atom. The summed E-state index contributed by atoms with van der Waals surface area (Å²) in [5.41, 5.74) is 1.27. The van der Waals surface area contributed by atoms with Gasteiger partial charge in [-0.3, -0.25) is 4.79 Å². The Kier molecular flexibility index (Phi) is 3.57. The molecule has 1 N–H and O–H groups in total. The van der Waals surface area contributed by atoms with Crippen LogP contribution < -0.4 is 5.32 Å². The van der Waals surface area contributed by atoms with E-state index in [1.165, 1.54) is 5.57 Å². The van der Waals surface area contributed by atoms with Crippen LogP contribution in [0.3, 0.4) is 0 Å². The van der Waals surface area contributed by atoms with Gasteiger partial charge in [0, 0.05) is 4.88 Å². The van der Waals surface area contributed by atoms with E-state index in [9.17, 15) is 4.79 Å².